The molecule has 2 heterocycles. The zero-order valence-corrected chi connectivity index (χ0v) is 23.6. The number of benzene rings is 1. The average Bonchev–Trinajstić information content (AvgIpc) is 3.51. The first-order valence-corrected chi connectivity index (χ1v) is 13.8. The van der Waals surface area contributed by atoms with Crippen LogP contribution in [0.3, 0.4) is 0 Å². The number of aryl methyl sites for hydroxylation is 1. The van der Waals surface area contributed by atoms with Crippen molar-refractivity contribution in [1.29, 1.82) is 0 Å². The van der Waals surface area contributed by atoms with Gasteiger partial charge in [-0.3, -0.25) is 9.20 Å². The lowest BCUT2D eigenvalue weighted by atomic mass is 10.0. The Hall–Kier alpha value is -1.84. The highest BCUT2D eigenvalue weighted by Gasteiger charge is 2.44. The first kappa shape index (κ1) is 26.2. The number of unbranched alkanes of at least 4 members (excludes halogenated alkanes) is 1. The van der Waals surface area contributed by atoms with Crippen molar-refractivity contribution in [3.05, 3.63) is 56.2 Å². The van der Waals surface area contributed by atoms with E-state index in [1.807, 2.05) is 0 Å². The fourth-order valence-corrected chi connectivity index (χ4v) is 5.77. The van der Waals surface area contributed by atoms with Gasteiger partial charge in [0.25, 0.3) is 0 Å². The number of rotatable bonds is 12. The van der Waals surface area contributed by atoms with Crippen LogP contribution in [0.1, 0.15) is 68.2 Å². The molecule has 6 nitrogen and oxygen atoms in total. The number of ketones is 1. The van der Waals surface area contributed by atoms with Gasteiger partial charge >= 0.3 is 0 Å². The molecular formula is C26H31Br2FN4O2. The molecule has 0 N–H and O–H groups in total. The lowest BCUT2D eigenvalue weighted by molar-refractivity contribution is 0.103. The van der Waals surface area contributed by atoms with Crippen molar-refractivity contribution in [3.8, 4) is 5.75 Å². The van der Waals surface area contributed by atoms with Crippen molar-refractivity contribution >= 4 is 43.4 Å². The van der Waals surface area contributed by atoms with Crippen LogP contribution < -0.4 is 4.74 Å². The number of nitrogens with zero attached hydrogens (tertiary/aromatic N) is 4. The smallest absolute Gasteiger partial charge is 0.234 e. The molecule has 0 bridgehead atoms. The summed E-state index contributed by atoms with van der Waals surface area (Å²) in [5.74, 6) is 0.256. The van der Waals surface area contributed by atoms with Crippen molar-refractivity contribution in [3.63, 3.8) is 0 Å². The Balaban J connectivity index is 1.60. The van der Waals surface area contributed by atoms with Gasteiger partial charge in [0, 0.05) is 17.5 Å². The fraction of sp³-hybridized carbons (Fsp3) is 0.500. The Kier molecular flexibility index (Phi) is 8.28. The van der Waals surface area contributed by atoms with E-state index in [-0.39, 0.29) is 11.2 Å². The summed E-state index contributed by atoms with van der Waals surface area (Å²) in [5.41, 5.74) is 1.64. The number of carbonyl (C=O) groups excluding carboxylic acids is 1. The molecule has 188 valence electrons. The highest BCUT2D eigenvalue weighted by Crippen LogP contribution is 2.47. The van der Waals surface area contributed by atoms with Gasteiger partial charge in [0.1, 0.15) is 11.4 Å². The molecule has 0 atom stereocenters. The number of hydrogen-bond donors (Lipinski definition) is 0. The van der Waals surface area contributed by atoms with Gasteiger partial charge in [0.05, 0.1) is 33.6 Å². The van der Waals surface area contributed by atoms with Crippen LogP contribution in [-0.2, 0) is 6.42 Å². The number of ether oxygens (including phenoxy) is 1. The molecule has 0 saturated heterocycles. The lowest BCUT2D eigenvalue weighted by Gasteiger charge is -2.25. The number of fused-ring (bicyclic) bond motifs is 1. The van der Waals surface area contributed by atoms with Crippen LogP contribution in [0.4, 0.5) is 4.39 Å². The van der Waals surface area contributed by atoms with Gasteiger partial charge in [-0.05, 0) is 82.8 Å². The molecule has 1 aromatic carbocycles. The molecule has 9 heteroatoms. The molecule has 0 amide bonds. The van der Waals surface area contributed by atoms with E-state index >= 15 is 0 Å². The van der Waals surface area contributed by atoms with E-state index in [0.717, 1.165) is 51.5 Å². The quantitative estimate of drug-likeness (QED) is 0.220. The number of hydrogen-bond acceptors (Lipinski definition) is 5. The summed E-state index contributed by atoms with van der Waals surface area (Å²) in [6.45, 7) is 10.2. The minimum atomic E-state index is -0.518. The van der Waals surface area contributed by atoms with Crippen LogP contribution in [0.25, 0.3) is 5.78 Å². The standard InChI is InChI=1S/C26H31Br2FN4O2/c1-4-7-8-21-22(33-14-18(29)13-30-25(33)31-21)23(34)17-11-19(27)24(20(28)12-17)35-16-26(9-10-26)15-32(5-2)6-3/h11-14H,4-10,15-16H2,1-3H3. The number of halogens is 3. The minimum absolute atomic E-state index is 0.196. The molecule has 0 spiro atoms. The Morgan fingerprint density at radius 3 is 2.49 bits per heavy atom. The zero-order valence-electron chi connectivity index (χ0n) is 20.4. The molecular weight excluding hydrogens is 579 g/mol. The van der Waals surface area contributed by atoms with E-state index in [9.17, 15) is 9.18 Å². The van der Waals surface area contributed by atoms with Crippen LogP contribution in [0.5, 0.6) is 5.75 Å². The number of aromatic nitrogens is 3. The normalized spacial score (nSPS) is 14.6. The van der Waals surface area contributed by atoms with Crippen molar-refractivity contribution in [2.24, 2.45) is 5.41 Å². The summed E-state index contributed by atoms with van der Waals surface area (Å²) in [7, 11) is 0. The Labute approximate surface area is 222 Å². The van der Waals surface area contributed by atoms with Gasteiger partial charge < -0.3 is 9.64 Å². The topological polar surface area (TPSA) is 59.7 Å². The zero-order chi connectivity index (χ0) is 25.2. The first-order chi connectivity index (χ1) is 16.8. The summed E-state index contributed by atoms with van der Waals surface area (Å²) < 4.78 is 23.1. The van der Waals surface area contributed by atoms with Crippen LogP contribution in [0, 0.1) is 11.2 Å². The highest BCUT2D eigenvalue weighted by atomic mass is 79.9. The molecule has 2 aromatic heterocycles. The van der Waals surface area contributed by atoms with E-state index in [2.05, 4.69) is 67.5 Å². The van der Waals surface area contributed by atoms with E-state index in [4.69, 9.17) is 4.74 Å². The van der Waals surface area contributed by atoms with Crippen molar-refractivity contribution in [1.82, 2.24) is 19.3 Å². The SMILES string of the molecule is CCCCc1nc2ncc(F)cn2c1C(=O)c1cc(Br)c(OCC2(CN(CC)CC)CC2)c(Br)c1. The molecule has 1 fully saturated rings. The molecule has 35 heavy (non-hydrogen) atoms. The molecule has 0 aliphatic heterocycles. The van der Waals surface area contributed by atoms with Gasteiger partial charge in [0.2, 0.25) is 11.6 Å². The fourth-order valence-electron chi connectivity index (χ4n) is 4.35. The third-order valence-electron chi connectivity index (χ3n) is 6.70. The molecule has 3 aromatic rings. The van der Waals surface area contributed by atoms with Crippen molar-refractivity contribution in [2.75, 3.05) is 26.2 Å². The van der Waals surface area contributed by atoms with Crippen LogP contribution in [-0.4, -0.2) is 51.3 Å². The maximum Gasteiger partial charge on any atom is 0.234 e. The Bertz CT molecular complexity index is 1200. The largest absolute Gasteiger partial charge is 0.491 e. The Morgan fingerprint density at radius 2 is 1.89 bits per heavy atom. The monoisotopic (exact) mass is 608 g/mol. The van der Waals surface area contributed by atoms with Crippen molar-refractivity contribution < 1.29 is 13.9 Å². The predicted molar refractivity (Wildman–Crippen MR) is 142 cm³/mol. The van der Waals surface area contributed by atoms with Crippen molar-refractivity contribution in [2.45, 2.75) is 52.9 Å². The van der Waals surface area contributed by atoms with Crippen LogP contribution in [0.15, 0.2) is 33.5 Å². The third-order valence-corrected chi connectivity index (χ3v) is 7.87. The van der Waals surface area contributed by atoms with Gasteiger partial charge in [0.15, 0.2) is 5.82 Å². The molecule has 0 radical (unpaired) electrons. The van der Waals surface area contributed by atoms with E-state index in [1.165, 1.54) is 10.6 Å². The summed E-state index contributed by atoms with van der Waals surface area (Å²) in [5, 5.41) is 0. The van der Waals surface area contributed by atoms with Gasteiger partial charge in [-0.15, -0.1) is 0 Å². The molecule has 1 aliphatic carbocycles. The number of imidazole rings is 1. The van der Waals surface area contributed by atoms with Gasteiger partial charge in [-0.1, -0.05) is 27.2 Å². The lowest BCUT2D eigenvalue weighted by Crippen LogP contribution is -2.33. The molecule has 1 aliphatic rings. The molecule has 1 saturated carbocycles. The molecule has 0 unspecified atom stereocenters. The second-order valence-electron chi connectivity index (χ2n) is 9.30. The minimum Gasteiger partial charge on any atom is -0.491 e. The van der Waals surface area contributed by atoms with E-state index in [1.54, 1.807) is 12.1 Å². The van der Waals surface area contributed by atoms with Gasteiger partial charge in [-0.2, -0.15) is 0 Å². The summed E-state index contributed by atoms with van der Waals surface area (Å²) in [6, 6.07) is 3.53. The highest BCUT2D eigenvalue weighted by molar-refractivity contribution is 9.11. The maximum atomic E-state index is 14.0. The summed E-state index contributed by atoms with van der Waals surface area (Å²) in [4.78, 5) is 24.7. The maximum absolute atomic E-state index is 14.0. The predicted octanol–water partition coefficient (Wildman–Crippen LogP) is 6.47. The molecule has 4 rings (SSSR count). The third kappa shape index (κ3) is 5.78. The second-order valence-corrected chi connectivity index (χ2v) is 11.0. The summed E-state index contributed by atoms with van der Waals surface area (Å²) >= 11 is 7.21. The van der Waals surface area contributed by atoms with Gasteiger partial charge in [-0.25, -0.2) is 14.4 Å². The summed E-state index contributed by atoms with van der Waals surface area (Å²) in [6.07, 6.45) is 7.17. The first-order valence-electron chi connectivity index (χ1n) is 12.2. The Morgan fingerprint density at radius 1 is 1.20 bits per heavy atom. The second kappa shape index (κ2) is 11.0. The van der Waals surface area contributed by atoms with Crippen LogP contribution in [0.2, 0.25) is 0 Å². The number of carbonyl (C=O) groups is 1. The van der Waals surface area contributed by atoms with E-state index in [0.29, 0.717) is 50.5 Å². The van der Waals surface area contributed by atoms with Crippen LogP contribution >= 0.6 is 31.9 Å². The van der Waals surface area contributed by atoms with E-state index < -0.39 is 5.82 Å². The average molecular weight is 610 g/mol.